The first-order chi connectivity index (χ1) is 19.1. The summed E-state index contributed by atoms with van der Waals surface area (Å²) in [6.45, 7) is 2.74. The summed E-state index contributed by atoms with van der Waals surface area (Å²) in [5, 5.41) is 5.86. The van der Waals surface area contributed by atoms with Crippen LogP contribution in [-0.2, 0) is 6.50 Å². The van der Waals surface area contributed by atoms with Gasteiger partial charge in [0.1, 0.15) is 0 Å². The summed E-state index contributed by atoms with van der Waals surface area (Å²) < 4.78 is 56.1. The van der Waals surface area contributed by atoms with Crippen molar-refractivity contribution in [3.8, 4) is 11.5 Å². The van der Waals surface area contributed by atoms with Gasteiger partial charge >= 0.3 is 0 Å². The molecule has 1 atom stereocenters. The van der Waals surface area contributed by atoms with Gasteiger partial charge in [0.05, 0.1) is 7.76 Å². The van der Waals surface area contributed by atoms with Gasteiger partial charge in [-0.3, -0.25) is 9.59 Å². The lowest BCUT2D eigenvalue weighted by Crippen LogP contribution is -2.53. The van der Waals surface area contributed by atoms with E-state index in [0.717, 1.165) is 25.7 Å². The van der Waals surface area contributed by atoms with Crippen molar-refractivity contribution in [1.29, 1.82) is 0 Å². The van der Waals surface area contributed by atoms with Crippen LogP contribution in [0.1, 0.15) is 75.4 Å². The summed E-state index contributed by atoms with van der Waals surface area (Å²) in [6, 6.07) is 3.10. The molecule has 2 aromatic rings. The number of hydrogen-bond acceptors (Lipinski definition) is 6. The predicted molar refractivity (Wildman–Crippen MR) is 147 cm³/mol. The molecular formula is C28H34ClF2N3O4S. The number of carbonyl (C=O) groups is 1. The Labute approximate surface area is 238 Å². The van der Waals surface area contributed by atoms with Crippen LogP contribution in [0.3, 0.4) is 0 Å². The van der Waals surface area contributed by atoms with Gasteiger partial charge in [-0.2, -0.15) is 0 Å². The quantitative estimate of drug-likeness (QED) is 0.361. The molecular weight excluding hydrogens is 548 g/mol. The molecule has 11 heteroatoms. The first kappa shape index (κ1) is 25.7. The first-order valence-corrected chi connectivity index (χ1v) is 14.7. The fourth-order valence-electron chi connectivity index (χ4n) is 5.77. The number of alkyl halides is 2. The van der Waals surface area contributed by atoms with Crippen LogP contribution in [0.2, 0.25) is 5.02 Å². The number of H-pyrrole nitrogens is 1. The van der Waals surface area contributed by atoms with E-state index in [1.807, 2.05) is 6.92 Å². The van der Waals surface area contributed by atoms with Gasteiger partial charge in [0, 0.05) is 71.5 Å². The average Bonchev–Trinajstić information content (AvgIpc) is 3.24. The standard InChI is InChI=1S/C28H34ClF2N3O4S/c1-14-9-22(39-4)20(26(36)33-14)13-32-25(35)19-10-21(29)24-23(15(19)2)37-27(3,38-24)16-5-7-17(8-6-16)34-18-11-28(30,31)12-18/h9-10,16-18,34H,5-8,11-13H2,1-4H3,(H,32,35)(H,33,36)/i13D2. The second-order valence-electron chi connectivity index (χ2n) is 10.9. The molecule has 1 aliphatic heterocycles. The van der Waals surface area contributed by atoms with Gasteiger partial charge in [0.25, 0.3) is 23.2 Å². The molecule has 3 N–H and O–H groups in total. The van der Waals surface area contributed by atoms with Crippen LogP contribution in [0.5, 0.6) is 11.5 Å². The van der Waals surface area contributed by atoms with Crippen LogP contribution in [-0.4, -0.2) is 40.9 Å². The SMILES string of the molecule is [2H]C([2H])(NC(=O)c1cc(Cl)c2c(c1C)OC(C)(C1CCC(NC3CC(F)(F)C3)CC1)O2)c1c(SC)cc(C)[nH]c1=O. The molecule has 2 saturated carbocycles. The van der Waals surface area contributed by atoms with Crippen LogP contribution in [0.4, 0.5) is 8.78 Å². The summed E-state index contributed by atoms with van der Waals surface area (Å²) >= 11 is 7.77. The number of thioether (sulfide) groups is 1. The second kappa shape index (κ2) is 10.6. The normalized spacial score (nSPS) is 26.9. The van der Waals surface area contributed by atoms with E-state index < -0.39 is 29.7 Å². The maximum absolute atomic E-state index is 13.4. The summed E-state index contributed by atoms with van der Waals surface area (Å²) in [6.07, 6.45) is 4.64. The van der Waals surface area contributed by atoms with Crippen molar-refractivity contribution in [1.82, 2.24) is 15.6 Å². The number of nitrogens with one attached hydrogen (secondary N) is 3. The molecule has 0 bridgehead atoms. The van der Waals surface area contributed by atoms with Gasteiger partial charge in [0.2, 0.25) is 0 Å². The number of ether oxygens (including phenoxy) is 2. The minimum Gasteiger partial charge on any atom is -0.448 e. The highest BCUT2D eigenvalue weighted by Gasteiger charge is 2.49. The van der Waals surface area contributed by atoms with E-state index in [1.54, 1.807) is 26.2 Å². The number of amides is 1. The molecule has 2 heterocycles. The van der Waals surface area contributed by atoms with Crippen molar-refractivity contribution < 1.29 is 25.8 Å². The molecule has 212 valence electrons. The summed E-state index contributed by atoms with van der Waals surface area (Å²) in [5.41, 5.74) is 0.318. The fraction of sp³-hybridized carbons (Fsp3) is 0.571. The van der Waals surface area contributed by atoms with E-state index in [2.05, 4.69) is 15.6 Å². The number of rotatable bonds is 7. The van der Waals surface area contributed by atoms with Gasteiger partial charge < -0.3 is 25.1 Å². The van der Waals surface area contributed by atoms with Gasteiger partial charge in [-0.1, -0.05) is 11.6 Å². The number of aromatic nitrogens is 1. The maximum atomic E-state index is 13.4. The first-order valence-electron chi connectivity index (χ1n) is 14.1. The summed E-state index contributed by atoms with van der Waals surface area (Å²) in [5.74, 6) is -3.68. The van der Waals surface area contributed by atoms with Crippen molar-refractivity contribution in [2.75, 3.05) is 6.26 Å². The van der Waals surface area contributed by atoms with Gasteiger partial charge in [-0.05, 0) is 57.9 Å². The highest BCUT2D eigenvalue weighted by Crippen LogP contribution is 2.51. The Kier molecular flexibility index (Phi) is 6.97. The number of pyridine rings is 1. The molecule has 7 nitrogen and oxygen atoms in total. The Balaban J connectivity index is 1.30. The van der Waals surface area contributed by atoms with Crippen molar-refractivity contribution in [3.63, 3.8) is 0 Å². The van der Waals surface area contributed by atoms with E-state index >= 15 is 0 Å². The Hall–Kier alpha value is -2.30. The van der Waals surface area contributed by atoms with Crippen LogP contribution in [0.15, 0.2) is 21.8 Å². The number of halogens is 3. The highest BCUT2D eigenvalue weighted by molar-refractivity contribution is 7.98. The monoisotopic (exact) mass is 583 g/mol. The zero-order valence-corrected chi connectivity index (χ0v) is 23.9. The van der Waals surface area contributed by atoms with Crippen molar-refractivity contribution in [3.05, 3.63) is 49.9 Å². The maximum Gasteiger partial charge on any atom is 0.254 e. The minimum absolute atomic E-state index is 0.0101. The average molecular weight is 584 g/mol. The van der Waals surface area contributed by atoms with Crippen molar-refractivity contribution in [2.45, 2.75) is 94.5 Å². The molecule has 3 aliphatic rings. The molecule has 2 fully saturated rings. The number of aryl methyl sites for hydroxylation is 1. The largest absolute Gasteiger partial charge is 0.448 e. The molecule has 1 aromatic carbocycles. The molecule has 0 spiro atoms. The fourth-order valence-corrected chi connectivity index (χ4v) is 6.65. The van der Waals surface area contributed by atoms with Crippen LogP contribution >= 0.6 is 23.4 Å². The Bertz CT molecular complexity index is 1430. The van der Waals surface area contributed by atoms with E-state index in [4.69, 9.17) is 23.8 Å². The number of aromatic amines is 1. The van der Waals surface area contributed by atoms with Gasteiger partial charge in [-0.25, -0.2) is 8.78 Å². The molecule has 1 unspecified atom stereocenters. The summed E-state index contributed by atoms with van der Waals surface area (Å²) in [7, 11) is 0. The molecule has 2 aliphatic carbocycles. The zero-order chi connectivity index (χ0) is 29.9. The van der Waals surface area contributed by atoms with E-state index in [0.29, 0.717) is 27.7 Å². The number of fused-ring (bicyclic) bond motifs is 1. The third-order valence-electron chi connectivity index (χ3n) is 7.98. The second-order valence-corrected chi connectivity index (χ2v) is 12.1. The van der Waals surface area contributed by atoms with E-state index in [1.165, 1.54) is 17.8 Å². The molecule has 0 radical (unpaired) electrons. The molecule has 39 heavy (non-hydrogen) atoms. The van der Waals surface area contributed by atoms with E-state index in [-0.39, 0.29) is 47.0 Å². The van der Waals surface area contributed by atoms with Crippen LogP contribution in [0.25, 0.3) is 0 Å². The smallest absolute Gasteiger partial charge is 0.254 e. The number of carbonyl (C=O) groups excluding carboxylic acids is 1. The molecule has 0 saturated heterocycles. The lowest BCUT2D eigenvalue weighted by Gasteiger charge is -2.41. The van der Waals surface area contributed by atoms with Crippen LogP contribution < -0.4 is 25.7 Å². The lowest BCUT2D eigenvalue weighted by atomic mass is 9.79. The lowest BCUT2D eigenvalue weighted by molar-refractivity contribution is -0.123. The third-order valence-corrected chi connectivity index (χ3v) is 9.02. The van der Waals surface area contributed by atoms with Crippen LogP contribution in [0, 0.1) is 19.8 Å². The minimum atomic E-state index is -2.55. The number of hydrogen-bond donors (Lipinski definition) is 3. The van der Waals surface area contributed by atoms with Crippen molar-refractivity contribution >= 4 is 29.3 Å². The molecule has 1 aromatic heterocycles. The Morgan fingerprint density at radius 1 is 1.18 bits per heavy atom. The van der Waals surface area contributed by atoms with E-state index in [9.17, 15) is 18.4 Å². The number of benzene rings is 1. The van der Waals surface area contributed by atoms with Crippen molar-refractivity contribution in [2.24, 2.45) is 5.92 Å². The topological polar surface area (TPSA) is 92.4 Å². The predicted octanol–water partition coefficient (Wildman–Crippen LogP) is 5.73. The van der Waals surface area contributed by atoms with Gasteiger partial charge in [-0.15, -0.1) is 11.8 Å². The molecule has 5 rings (SSSR count). The van der Waals surface area contributed by atoms with Gasteiger partial charge in [0.15, 0.2) is 11.5 Å². The third kappa shape index (κ3) is 5.65. The summed E-state index contributed by atoms with van der Waals surface area (Å²) in [4.78, 5) is 29.0. The zero-order valence-electron chi connectivity index (χ0n) is 24.3. The Morgan fingerprint density at radius 2 is 1.85 bits per heavy atom. The highest BCUT2D eigenvalue weighted by atomic mass is 35.5. The Morgan fingerprint density at radius 3 is 2.49 bits per heavy atom. The molecule has 1 amide bonds.